The van der Waals surface area contributed by atoms with Crippen LogP contribution >= 0.6 is 11.8 Å². The van der Waals surface area contributed by atoms with Crippen molar-refractivity contribution in [2.24, 2.45) is 0 Å². The number of piperazine rings is 1. The molecule has 5 aromatic carbocycles. The molecule has 2 amide bonds. The van der Waals surface area contributed by atoms with Crippen molar-refractivity contribution in [1.82, 2.24) is 15.1 Å². The van der Waals surface area contributed by atoms with E-state index in [9.17, 15) is 9.59 Å². The highest BCUT2D eigenvalue weighted by atomic mass is 32.2. The van der Waals surface area contributed by atoms with Crippen LogP contribution in [0.5, 0.6) is 0 Å². The van der Waals surface area contributed by atoms with Crippen LogP contribution in [0, 0.1) is 13.8 Å². The molecule has 1 heterocycles. The lowest BCUT2D eigenvalue weighted by atomic mass is 9.84. The van der Waals surface area contributed by atoms with E-state index in [1.54, 1.807) is 0 Å². The monoisotopic (exact) mass is 739 g/mol. The molecule has 1 aliphatic rings. The van der Waals surface area contributed by atoms with E-state index in [1.165, 1.54) is 22.3 Å². The van der Waals surface area contributed by atoms with Gasteiger partial charge in [0.25, 0.3) is 5.91 Å². The Bertz CT molecular complexity index is 1870. The van der Waals surface area contributed by atoms with E-state index in [-0.39, 0.29) is 18.0 Å². The Morgan fingerprint density at radius 3 is 1.81 bits per heavy atom. The topological polar surface area (TPSA) is 61.9 Å². The van der Waals surface area contributed by atoms with Gasteiger partial charge in [0.2, 0.25) is 0 Å². The number of aryl methyl sites for hydroxylation is 1. The Morgan fingerprint density at radius 2 is 1.28 bits per heavy atom. The smallest absolute Gasteiger partial charge is 0.407 e. The molecular formula is C47H53N3O3S. The zero-order chi connectivity index (χ0) is 38.1. The first-order valence-corrected chi connectivity index (χ1v) is 20.0. The molecule has 280 valence electrons. The van der Waals surface area contributed by atoms with Gasteiger partial charge in [-0.1, -0.05) is 133 Å². The molecule has 0 bridgehead atoms. The molecule has 0 aliphatic carbocycles. The Morgan fingerprint density at radius 1 is 0.741 bits per heavy atom. The highest BCUT2D eigenvalue weighted by Gasteiger charge is 2.39. The third-order valence-corrected chi connectivity index (χ3v) is 12.0. The number of rotatable bonds is 12. The molecule has 1 saturated heterocycles. The molecule has 0 aromatic heterocycles. The summed E-state index contributed by atoms with van der Waals surface area (Å²) in [6.45, 7) is 12.2. The highest BCUT2D eigenvalue weighted by Crippen LogP contribution is 2.48. The highest BCUT2D eigenvalue weighted by molar-refractivity contribution is 8.00. The van der Waals surface area contributed by atoms with Crippen molar-refractivity contribution in [3.05, 3.63) is 178 Å². The maximum atomic E-state index is 14.0. The van der Waals surface area contributed by atoms with Gasteiger partial charge in [-0.15, -0.1) is 11.8 Å². The summed E-state index contributed by atoms with van der Waals surface area (Å²) in [5.41, 5.74) is 7.00. The summed E-state index contributed by atoms with van der Waals surface area (Å²) in [6.07, 6.45) is 0.354. The molecule has 2 atom stereocenters. The van der Waals surface area contributed by atoms with Gasteiger partial charge >= 0.3 is 6.09 Å². The Labute approximate surface area is 325 Å². The summed E-state index contributed by atoms with van der Waals surface area (Å²) in [5.74, 6) is 0.684. The van der Waals surface area contributed by atoms with Gasteiger partial charge in [0, 0.05) is 43.5 Å². The van der Waals surface area contributed by atoms with Crippen LogP contribution in [0.4, 0.5) is 4.79 Å². The van der Waals surface area contributed by atoms with Gasteiger partial charge in [-0.2, -0.15) is 0 Å². The van der Waals surface area contributed by atoms with Crippen molar-refractivity contribution in [3.63, 3.8) is 0 Å². The molecule has 1 aliphatic heterocycles. The molecule has 1 fully saturated rings. The number of nitrogens with one attached hydrogen (secondary N) is 1. The molecule has 0 radical (unpaired) electrons. The largest absolute Gasteiger partial charge is 0.444 e. The van der Waals surface area contributed by atoms with Gasteiger partial charge in [0.1, 0.15) is 5.60 Å². The third-order valence-electron chi connectivity index (χ3n) is 10.3. The zero-order valence-corrected chi connectivity index (χ0v) is 33.0. The van der Waals surface area contributed by atoms with E-state index < -0.39 is 16.4 Å². The van der Waals surface area contributed by atoms with Crippen molar-refractivity contribution in [3.8, 4) is 0 Å². The molecule has 54 heavy (non-hydrogen) atoms. The zero-order valence-electron chi connectivity index (χ0n) is 32.2. The first kappa shape index (κ1) is 38.9. The van der Waals surface area contributed by atoms with Crippen LogP contribution in [0.2, 0.25) is 0 Å². The second kappa shape index (κ2) is 17.5. The Kier molecular flexibility index (Phi) is 12.6. The van der Waals surface area contributed by atoms with Gasteiger partial charge in [0.15, 0.2) is 0 Å². The van der Waals surface area contributed by atoms with E-state index in [1.807, 2.05) is 62.6 Å². The third kappa shape index (κ3) is 9.44. The van der Waals surface area contributed by atoms with Crippen LogP contribution in [0.3, 0.4) is 0 Å². The summed E-state index contributed by atoms with van der Waals surface area (Å²) in [4.78, 5) is 32.1. The fourth-order valence-corrected chi connectivity index (χ4v) is 8.99. The van der Waals surface area contributed by atoms with Crippen molar-refractivity contribution in [2.75, 3.05) is 31.9 Å². The summed E-state index contributed by atoms with van der Waals surface area (Å²) in [5, 5.41) is 3.30. The quantitative estimate of drug-likeness (QED) is 0.129. The van der Waals surface area contributed by atoms with Gasteiger partial charge in [-0.3, -0.25) is 9.69 Å². The minimum absolute atomic E-state index is 0.0466. The van der Waals surface area contributed by atoms with Crippen molar-refractivity contribution in [2.45, 2.75) is 63.5 Å². The van der Waals surface area contributed by atoms with Crippen LogP contribution in [0.25, 0.3) is 0 Å². The van der Waals surface area contributed by atoms with Gasteiger partial charge < -0.3 is 15.0 Å². The van der Waals surface area contributed by atoms with E-state index in [4.69, 9.17) is 4.74 Å². The lowest BCUT2D eigenvalue weighted by molar-refractivity contribution is 0.0402. The molecule has 0 spiro atoms. The van der Waals surface area contributed by atoms with Gasteiger partial charge in [-0.25, -0.2) is 4.79 Å². The number of carbonyl (C=O) groups is 2. The number of nitrogens with zero attached hydrogens (tertiary/aromatic N) is 2. The standard InChI is InChI=1S/C47H53N3O3S/c1-35-19-18-28-43(36(35)2)44(51)50-30-29-49(42(33-50)31-37-20-10-6-11-21-37)32-41(48-45(52)53-46(3,4)5)34-54-47(38-22-12-7-13-23-38,39-24-14-8-15-25-39)40-26-16-9-17-27-40/h6-28,41-42H,29-34H2,1-5H3,(H,48,52)/t41-,42+/m1/s1. The molecule has 7 heteroatoms. The van der Waals surface area contributed by atoms with Crippen LogP contribution in [0.15, 0.2) is 140 Å². The van der Waals surface area contributed by atoms with E-state index in [0.717, 1.165) is 23.1 Å². The molecular weight excluding hydrogens is 687 g/mol. The summed E-state index contributed by atoms with van der Waals surface area (Å²) in [6, 6.07) is 48.2. The van der Waals surface area contributed by atoms with Crippen molar-refractivity contribution < 1.29 is 14.3 Å². The van der Waals surface area contributed by atoms with Crippen LogP contribution < -0.4 is 5.32 Å². The SMILES string of the molecule is Cc1cccc(C(=O)N2CCN(C[C@H](CSC(c3ccccc3)(c3ccccc3)c3ccccc3)NC(=O)OC(C)(C)C)[C@@H](Cc3ccccc3)C2)c1C. The van der Waals surface area contributed by atoms with E-state index in [2.05, 4.69) is 138 Å². The predicted octanol–water partition coefficient (Wildman–Crippen LogP) is 9.29. The minimum atomic E-state index is -0.639. The minimum Gasteiger partial charge on any atom is -0.444 e. The Balaban J connectivity index is 1.34. The molecule has 6 nitrogen and oxygen atoms in total. The second-order valence-electron chi connectivity index (χ2n) is 15.3. The summed E-state index contributed by atoms with van der Waals surface area (Å²) < 4.78 is 5.31. The van der Waals surface area contributed by atoms with Crippen LogP contribution in [-0.4, -0.2) is 71.4 Å². The van der Waals surface area contributed by atoms with Crippen LogP contribution in [0.1, 0.15) is 64.5 Å². The number of hydrogen-bond acceptors (Lipinski definition) is 5. The average Bonchev–Trinajstić information content (AvgIpc) is 3.17. The number of carbonyl (C=O) groups excluding carboxylic acids is 2. The maximum Gasteiger partial charge on any atom is 0.407 e. The fourth-order valence-electron chi connectivity index (χ4n) is 7.44. The lowest BCUT2D eigenvalue weighted by Crippen LogP contribution is -2.59. The average molecular weight is 740 g/mol. The van der Waals surface area contributed by atoms with Crippen molar-refractivity contribution >= 4 is 23.8 Å². The fraction of sp³-hybridized carbons (Fsp3) is 0.319. The number of alkyl carbamates (subject to hydrolysis) is 1. The van der Waals surface area contributed by atoms with E-state index >= 15 is 0 Å². The molecule has 5 aromatic rings. The van der Waals surface area contributed by atoms with Gasteiger partial charge in [-0.05, 0) is 80.5 Å². The molecule has 0 saturated carbocycles. The van der Waals surface area contributed by atoms with Gasteiger partial charge in [0.05, 0.1) is 10.8 Å². The number of thioether (sulfide) groups is 1. The summed E-state index contributed by atoms with van der Waals surface area (Å²) >= 11 is 1.83. The van der Waals surface area contributed by atoms with Crippen LogP contribution in [-0.2, 0) is 15.9 Å². The molecule has 0 unspecified atom stereocenters. The van der Waals surface area contributed by atoms with E-state index in [0.29, 0.717) is 31.9 Å². The number of benzene rings is 5. The maximum absolute atomic E-state index is 14.0. The molecule has 1 N–H and O–H groups in total. The normalized spacial score (nSPS) is 15.7. The lowest BCUT2D eigenvalue weighted by Gasteiger charge is -2.43. The first-order chi connectivity index (χ1) is 26.0. The first-order valence-electron chi connectivity index (χ1n) is 19.0. The summed E-state index contributed by atoms with van der Waals surface area (Å²) in [7, 11) is 0. The predicted molar refractivity (Wildman–Crippen MR) is 222 cm³/mol. The Hall–Kier alpha value is -4.85. The second-order valence-corrected chi connectivity index (χ2v) is 16.5. The number of hydrogen-bond donors (Lipinski definition) is 1. The molecule has 6 rings (SSSR count). The number of amides is 2. The van der Waals surface area contributed by atoms with Crippen molar-refractivity contribution in [1.29, 1.82) is 0 Å². The number of ether oxygens (including phenoxy) is 1.